The lowest BCUT2D eigenvalue weighted by atomic mass is 10.1. The summed E-state index contributed by atoms with van der Waals surface area (Å²) < 4.78 is 6.56. The topological polar surface area (TPSA) is 67.4 Å². The molecule has 2 aromatic carbocycles. The summed E-state index contributed by atoms with van der Waals surface area (Å²) in [7, 11) is 0. The van der Waals surface area contributed by atoms with Gasteiger partial charge in [-0.05, 0) is 50.1 Å². The van der Waals surface area contributed by atoms with Gasteiger partial charge in [0.1, 0.15) is 5.75 Å². The molecule has 0 aliphatic rings. The Kier molecular flexibility index (Phi) is 8.51. The first-order valence-electron chi connectivity index (χ1n) is 9.59. The Labute approximate surface area is 175 Å². The monoisotopic (exact) mass is 446 g/mol. The summed E-state index contributed by atoms with van der Waals surface area (Å²) in [6.07, 6.45) is 2.75. The van der Waals surface area contributed by atoms with E-state index in [1.54, 1.807) is 36.4 Å². The molecular weight excluding hydrogens is 420 g/mol. The largest absolute Gasteiger partial charge is 0.493 e. The maximum Gasteiger partial charge on any atom is 0.259 e. The standard InChI is InChI=1S/C22H27BrN2O3/c1-4-6-13-28-20-12-11-16(23)14-18(20)22(27)25-19-10-8-7-9-17(19)21(26)24-15(3)5-2/h7-12,14-15H,4-6,13H2,1-3H3,(H,24,26)(H,25,27). The van der Waals surface area contributed by atoms with Crippen molar-refractivity contribution in [2.75, 3.05) is 11.9 Å². The van der Waals surface area contributed by atoms with Gasteiger partial charge in [0.2, 0.25) is 0 Å². The minimum absolute atomic E-state index is 0.0555. The highest BCUT2D eigenvalue weighted by Gasteiger charge is 2.18. The van der Waals surface area contributed by atoms with Crippen LogP contribution in [0.25, 0.3) is 0 Å². The van der Waals surface area contributed by atoms with E-state index in [4.69, 9.17) is 4.74 Å². The molecule has 0 saturated carbocycles. The normalized spacial score (nSPS) is 11.6. The van der Waals surface area contributed by atoms with Gasteiger partial charge in [0.25, 0.3) is 11.8 Å². The molecule has 0 spiro atoms. The van der Waals surface area contributed by atoms with E-state index in [1.165, 1.54) is 0 Å². The number of nitrogens with one attached hydrogen (secondary N) is 2. The van der Waals surface area contributed by atoms with Crippen LogP contribution in [-0.4, -0.2) is 24.5 Å². The van der Waals surface area contributed by atoms with Crippen molar-refractivity contribution in [2.45, 2.75) is 46.1 Å². The number of unbranched alkanes of at least 4 members (excludes halogenated alkanes) is 1. The fourth-order valence-corrected chi connectivity index (χ4v) is 2.88. The van der Waals surface area contributed by atoms with Crippen LogP contribution >= 0.6 is 15.9 Å². The van der Waals surface area contributed by atoms with Crippen molar-refractivity contribution in [1.29, 1.82) is 0 Å². The lowest BCUT2D eigenvalue weighted by Gasteiger charge is -2.16. The van der Waals surface area contributed by atoms with Crippen molar-refractivity contribution in [1.82, 2.24) is 5.32 Å². The van der Waals surface area contributed by atoms with Crippen LogP contribution in [0.4, 0.5) is 5.69 Å². The Balaban J connectivity index is 2.24. The minimum atomic E-state index is -0.323. The predicted octanol–water partition coefficient (Wildman–Crippen LogP) is 5.41. The zero-order valence-corrected chi connectivity index (χ0v) is 18.1. The van der Waals surface area contributed by atoms with Crippen LogP contribution in [0, 0.1) is 0 Å². The molecule has 5 nitrogen and oxygen atoms in total. The number of hydrogen-bond donors (Lipinski definition) is 2. The number of anilines is 1. The van der Waals surface area contributed by atoms with Crippen LogP contribution < -0.4 is 15.4 Å². The summed E-state index contributed by atoms with van der Waals surface area (Å²) in [6, 6.07) is 12.4. The van der Waals surface area contributed by atoms with Crippen LogP contribution in [0.3, 0.4) is 0 Å². The third-order valence-corrected chi connectivity index (χ3v) is 4.84. The average molecular weight is 447 g/mol. The van der Waals surface area contributed by atoms with E-state index in [1.807, 2.05) is 19.9 Å². The number of carbonyl (C=O) groups is 2. The van der Waals surface area contributed by atoms with Gasteiger partial charge >= 0.3 is 0 Å². The van der Waals surface area contributed by atoms with Crippen LogP contribution in [0.1, 0.15) is 60.7 Å². The first kappa shape index (κ1) is 22.0. The van der Waals surface area contributed by atoms with Crippen molar-refractivity contribution in [3.05, 3.63) is 58.1 Å². The van der Waals surface area contributed by atoms with Gasteiger partial charge in [-0.15, -0.1) is 0 Å². The second kappa shape index (κ2) is 10.9. The van der Waals surface area contributed by atoms with Crippen molar-refractivity contribution in [3.8, 4) is 5.75 Å². The van der Waals surface area contributed by atoms with Crippen molar-refractivity contribution >= 4 is 33.4 Å². The summed E-state index contributed by atoms with van der Waals surface area (Å²) >= 11 is 3.40. The number of hydrogen-bond acceptors (Lipinski definition) is 3. The first-order chi connectivity index (χ1) is 13.5. The minimum Gasteiger partial charge on any atom is -0.493 e. The lowest BCUT2D eigenvalue weighted by molar-refractivity contribution is 0.0940. The summed E-state index contributed by atoms with van der Waals surface area (Å²) in [5.74, 6) is -0.00816. The summed E-state index contributed by atoms with van der Waals surface area (Å²) in [6.45, 7) is 6.58. The number of amides is 2. The molecule has 2 N–H and O–H groups in total. The Morgan fingerprint density at radius 3 is 2.54 bits per heavy atom. The van der Waals surface area contributed by atoms with Crippen LogP contribution in [0.15, 0.2) is 46.9 Å². The Morgan fingerprint density at radius 1 is 1.07 bits per heavy atom. The molecule has 28 heavy (non-hydrogen) atoms. The zero-order chi connectivity index (χ0) is 20.5. The Bertz CT molecular complexity index is 823. The smallest absolute Gasteiger partial charge is 0.259 e. The molecule has 2 amide bonds. The van der Waals surface area contributed by atoms with Gasteiger partial charge in [0, 0.05) is 10.5 Å². The second-order valence-corrected chi connectivity index (χ2v) is 7.54. The van der Waals surface area contributed by atoms with Gasteiger partial charge in [0.15, 0.2) is 0 Å². The Hall–Kier alpha value is -2.34. The lowest BCUT2D eigenvalue weighted by Crippen LogP contribution is -2.32. The second-order valence-electron chi connectivity index (χ2n) is 6.62. The van der Waals surface area contributed by atoms with Crippen molar-refractivity contribution in [3.63, 3.8) is 0 Å². The number of ether oxygens (including phenoxy) is 1. The summed E-state index contributed by atoms with van der Waals surface area (Å²) in [4.78, 5) is 25.5. The zero-order valence-electron chi connectivity index (χ0n) is 16.5. The maximum atomic E-state index is 12.9. The molecule has 0 aliphatic heterocycles. The summed E-state index contributed by atoms with van der Waals surface area (Å²) in [5.41, 5.74) is 1.31. The molecule has 1 atom stereocenters. The maximum absolute atomic E-state index is 12.9. The molecule has 0 radical (unpaired) electrons. The first-order valence-corrected chi connectivity index (χ1v) is 10.4. The molecule has 0 aromatic heterocycles. The molecular formula is C22H27BrN2O3. The van der Waals surface area contributed by atoms with E-state index in [0.717, 1.165) is 23.7 Å². The highest BCUT2D eigenvalue weighted by atomic mass is 79.9. The highest BCUT2D eigenvalue weighted by Crippen LogP contribution is 2.25. The predicted molar refractivity (Wildman–Crippen MR) is 116 cm³/mol. The van der Waals surface area contributed by atoms with E-state index >= 15 is 0 Å². The van der Waals surface area contributed by atoms with Crippen LogP contribution in [-0.2, 0) is 0 Å². The molecule has 0 bridgehead atoms. The van der Waals surface area contributed by atoms with Gasteiger partial charge in [-0.2, -0.15) is 0 Å². The molecule has 2 rings (SSSR count). The van der Waals surface area contributed by atoms with E-state index in [9.17, 15) is 9.59 Å². The van der Waals surface area contributed by atoms with Gasteiger partial charge in [-0.25, -0.2) is 0 Å². The molecule has 0 heterocycles. The average Bonchev–Trinajstić information content (AvgIpc) is 2.69. The van der Waals surface area contributed by atoms with Gasteiger partial charge < -0.3 is 15.4 Å². The van der Waals surface area contributed by atoms with E-state index in [2.05, 4.69) is 33.5 Å². The summed E-state index contributed by atoms with van der Waals surface area (Å²) in [5, 5.41) is 5.79. The van der Waals surface area contributed by atoms with Gasteiger partial charge in [0.05, 0.1) is 23.4 Å². The number of para-hydroxylation sites is 1. The third-order valence-electron chi connectivity index (χ3n) is 4.35. The Morgan fingerprint density at radius 2 is 1.82 bits per heavy atom. The molecule has 1 unspecified atom stereocenters. The quantitative estimate of drug-likeness (QED) is 0.506. The van der Waals surface area contributed by atoms with Crippen molar-refractivity contribution in [2.24, 2.45) is 0 Å². The molecule has 0 aliphatic carbocycles. The highest BCUT2D eigenvalue weighted by molar-refractivity contribution is 9.10. The van der Waals surface area contributed by atoms with Crippen LogP contribution in [0.2, 0.25) is 0 Å². The molecule has 2 aromatic rings. The fraction of sp³-hybridized carbons (Fsp3) is 0.364. The van der Waals surface area contributed by atoms with E-state index in [-0.39, 0.29) is 17.9 Å². The van der Waals surface area contributed by atoms with Crippen molar-refractivity contribution < 1.29 is 14.3 Å². The molecule has 150 valence electrons. The molecule has 6 heteroatoms. The van der Waals surface area contributed by atoms with Gasteiger partial charge in [-0.3, -0.25) is 9.59 Å². The number of halogens is 1. The number of benzene rings is 2. The fourth-order valence-electron chi connectivity index (χ4n) is 2.52. The van der Waals surface area contributed by atoms with Crippen LogP contribution in [0.5, 0.6) is 5.75 Å². The van der Waals surface area contributed by atoms with E-state index < -0.39 is 0 Å². The molecule has 0 fully saturated rings. The van der Waals surface area contributed by atoms with E-state index in [0.29, 0.717) is 29.2 Å². The van der Waals surface area contributed by atoms with Gasteiger partial charge in [-0.1, -0.05) is 48.3 Å². The number of carbonyl (C=O) groups excluding carboxylic acids is 2. The molecule has 0 saturated heterocycles. The SMILES string of the molecule is CCCCOc1ccc(Br)cc1C(=O)Nc1ccccc1C(=O)NC(C)CC. The number of rotatable bonds is 9. The third kappa shape index (κ3) is 6.09.